The Kier molecular flexibility index (Phi) is 7.33. The van der Waals surface area contributed by atoms with Gasteiger partial charge in [-0.3, -0.25) is 10.1 Å². The van der Waals surface area contributed by atoms with Crippen molar-refractivity contribution in [1.82, 2.24) is 14.6 Å². The van der Waals surface area contributed by atoms with E-state index >= 15 is 0 Å². The van der Waals surface area contributed by atoms with E-state index in [0.717, 1.165) is 23.6 Å². The zero-order valence-electron chi connectivity index (χ0n) is 16.1. The van der Waals surface area contributed by atoms with Crippen molar-refractivity contribution >= 4 is 18.0 Å². The molecule has 1 aromatic carbocycles. The average molecular weight is 352 g/mol. The van der Waals surface area contributed by atoms with E-state index in [2.05, 4.69) is 53.5 Å². The molecule has 138 valence electrons. The van der Waals surface area contributed by atoms with Crippen LogP contribution in [0.15, 0.2) is 42.5 Å². The van der Waals surface area contributed by atoms with E-state index in [-0.39, 0.29) is 0 Å². The number of nitrogens with one attached hydrogen (secondary N) is 1. The van der Waals surface area contributed by atoms with Gasteiger partial charge < -0.3 is 0 Å². The van der Waals surface area contributed by atoms with Gasteiger partial charge in [0.25, 0.3) is 0 Å². The smallest absolute Gasteiger partial charge is 0.249 e. The van der Waals surface area contributed by atoms with E-state index in [0.29, 0.717) is 18.0 Å². The fraction of sp³-hybridized carbons (Fsp3) is 0.381. The second-order valence-corrected chi connectivity index (χ2v) is 6.11. The van der Waals surface area contributed by atoms with E-state index in [1.807, 2.05) is 32.0 Å². The molecule has 0 saturated heterocycles. The molecule has 0 atom stereocenters. The number of benzene rings is 1. The first kappa shape index (κ1) is 19.6. The van der Waals surface area contributed by atoms with Crippen LogP contribution in [0, 0.1) is 5.92 Å². The quantitative estimate of drug-likeness (QED) is 0.674. The maximum Gasteiger partial charge on any atom is 0.249 e. The predicted octanol–water partition coefficient (Wildman–Crippen LogP) is 4.97. The van der Waals surface area contributed by atoms with Crippen LogP contribution in [0.4, 0.5) is 5.95 Å². The fourth-order valence-corrected chi connectivity index (χ4v) is 2.32. The number of aryl methyl sites for hydroxylation is 1. The highest BCUT2D eigenvalue weighted by molar-refractivity contribution is 5.69. The zero-order valence-corrected chi connectivity index (χ0v) is 16.1. The van der Waals surface area contributed by atoms with E-state index in [1.54, 1.807) is 4.52 Å². The zero-order chi connectivity index (χ0) is 18.9. The second kappa shape index (κ2) is 9.70. The molecular formula is C21H28N4O. The first-order valence-electron chi connectivity index (χ1n) is 9.36. The molecule has 0 radical (unpaired) electrons. The van der Waals surface area contributed by atoms with Crippen LogP contribution in [0.3, 0.4) is 0 Å². The lowest BCUT2D eigenvalue weighted by Crippen LogP contribution is -1.97. The van der Waals surface area contributed by atoms with Crippen LogP contribution >= 0.6 is 0 Å². The Labute approximate surface area is 155 Å². The van der Waals surface area contributed by atoms with Crippen LogP contribution in [-0.2, 0) is 11.2 Å². The highest BCUT2D eigenvalue weighted by atomic mass is 16.1. The number of hydrogen-bond donors (Lipinski definition) is 1. The highest BCUT2D eigenvalue weighted by Crippen LogP contribution is 2.26. The topological polar surface area (TPSA) is 59.3 Å². The van der Waals surface area contributed by atoms with E-state index in [9.17, 15) is 4.79 Å². The van der Waals surface area contributed by atoms with Crippen molar-refractivity contribution in [2.45, 2.75) is 47.0 Å². The third-order valence-corrected chi connectivity index (χ3v) is 4.07. The number of carbonyl (C=O) groups is 1. The van der Waals surface area contributed by atoms with Crippen molar-refractivity contribution in [2.75, 3.05) is 5.32 Å². The summed E-state index contributed by atoms with van der Waals surface area (Å²) in [6.07, 6.45) is 4.56. The van der Waals surface area contributed by atoms with Gasteiger partial charge in [0.2, 0.25) is 12.4 Å². The van der Waals surface area contributed by atoms with E-state index in [1.165, 1.54) is 18.4 Å². The molecule has 1 aliphatic rings. The molecule has 0 aliphatic heterocycles. The van der Waals surface area contributed by atoms with Crippen molar-refractivity contribution < 1.29 is 4.79 Å². The third-order valence-electron chi connectivity index (χ3n) is 4.07. The largest absolute Gasteiger partial charge is 0.296 e. The number of anilines is 1. The van der Waals surface area contributed by atoms with Crippen LogP contribution in [0.5, 0.6) is 0 Å². The van der Waals surface area contributed by atoms with Gasteiger partial charge in [-0.1, -0.05) is 70.9 Å². The van der Waals surface area contributed by atoms with Gasteiger partial charge in [0.05, 0.1) is 5.69 Å². The van der Waals surface area contributed by atoms with Crippen molar-refractivity contribution in [3.8, 4) is 11.3 Å². The molecule has 2 aromatic heterocycles. The minimum Gasteiger partial charge on any atom is -0.296 e. The molecule has 1 N–H and O–H groups in total. The van der Waals surface area contributed by atoms with Crippen molar-refractivity contribution in [3.05, 3.63) is 48.0 Å². The summed E-state index contributed by atoms with van der Waals surface area (Å²) in [6, 6.07) is 14.1. The minimum absolute atomic E-state index is 0.303. The Morgan fingerprint density at radius 1 is 1.15 bits per heavy atom. The van der Waals surface area contributed by atoms with Gasteiger partial charge >= 0.3 is 0 Å². The monoisotopic (exact) mass is 352 g/mol. The maximum atomic E-state index is 10.5. The lowest BCUT2D eigenvalue weighted by molar-refractivity contribution is -0.105. The van der Waals surface area contributed by atoms with E-state index in [4.69, 9.17) is 0 Å². The molecule has 1 fully saturated rings. The van der Waals surface area contributed by atoms with Gasteiger partial charge in [0.15, 0.2) is 5.65 Å². The summed E-state index contributed by atoms with van der Waals surface area (Å²) >= 11 is 0. The fourth-order valence-electron chi connectivity index (χ4n) is 2.32. The molecule has 0 bridgehead atoms. The average Bonchev–Trinajstić information content (AvgIpc) is 3.36. The normalized spacial score (nSPS) is 12.5. The molecule has 4 rings (SSSR count). The van der Waals surface area contributed by atoms with Crippen LogP contribution < -0.4 is 5.32 Å². The van der Waals surface area contributed by atoms with Gasteiger partial charge in [-0.25, -0.2) is 4.52 Å². The molecule has 5 heteroatoms. The Balaban J connectivity index is 0.000000350. The highest BCUT2D eigenvalue weighted by Gasteiger charge is 2.12. The molecule has 2 heterocycles. The van der Waals surface area contributed by atoms with Crippen LogP contribution in [0.1, 0.15) is 46.1 Å². The molecule has 1 amide bonds. The Bertz CT molecular complexity index is 820. The van der Waals surface area contributed by atoms with E-state index < -0.39 is 0 Å². The minimum atomic E-state index is 0.303. The van der Waals surface area contributed by atoms with Crippen LogP contribution in [0.25, 0.3) is 16.9 Å². The van der Waals surface area contributed by atoms with Crippen molar-refractivity contribution in [2.24, 2.45) is 5.92 Å². The van der Waals surface area contributed by atoms with Gasteiger partial charge in [0, 0.05) is 5.56 Å². The summed E-state index contributed by atoms with van der Waals surface area (Å²) in [7, 11) is 0. The number of carbonyl (C=O) groups excluding carboxylic acids is 1. The van der Waals surface area contributed by atoms with Gasteiger partial charge in [0.1, 0.15) is 0 Å². The molecule has 1 saturated carbocycles. The Hall–Kier alpha value is -2.69. The third kappa shape index (κ3) is 5.15. The molecule has 0 unspecified atom stereocenters. The summed E-state index contributed by atoms with van der Waals surface area (Å²) < 4.78 is 1.73. The summed E-state index contributed by atoms with van der Waals surface area (Å²) in [6.45, 7) is 8.41. The number of aromatic nitrogens is 3. The SMILES string of the molecule is CC.CC1CC1.CCc1ccc(-c2cccc3nc(NC=O)nn23)cc1. The lowest BCUT2D eigenvalue weighted by atomic mass is 10.1. The van der Waals surface area contributed by atoms with Crippen molar-refractivity contribution in [1.29, 1.82) is 0 Å². The van der Waals surface area contributed by atoms with Gasteiger partial charge in [-0.15, -0.1) is 5.10 Å². The summed E-state index contributed by atoms with van der Waals surface area (Å²) in [4.78, 5) is 14.7. The second-order valence-electron chi connectivity index (χ2n) is 6.11. The molecule has 26 heavy (non-hydrogen) atoms. The summed E-state index contributed by atoms with van der Waals surface area (Å²) in [5.74, 6) is 1.39. The van der Waals surface area contributed by atoms with Gasteiger partial charge in [-0.2, -0.15) is 4.98 Å². The number of nitrogens with zero attached hydrogens (tertiary/aromatic N) is 3. The number of pyridine rings is 1. The number of amides is 1. The lowest BCUT2D eigenvalue weighted by Gasteiger charge is -2.05. The molecule has 1 aliphatic carbocycles. The Morgan fingerprint density at radius 3 is 2.35 bits per heavy atom. The molecular weight excluding hydrogens is 324 g/mol. The standard InChI is InChI=1S/C15H14N4O.C4H8.C2H6/c1-2-11-6-8-12(9-7-11)13-4-3-5-14-17-15(16-10-20)18-19(13)14;1-4-2-3-4;1-2/h3-10H,2H2,1H3,(H,16,18,20);4H,2-3H2,1H3;1-2H3. The number of rotatable bonds is 4. The first-order chi connectivity index (χ1) is 12.7. The van der Waals surface area contributed by atoms with Gasteiger partial charge in [-0.05, 0) is 30.0 Å². The van der Waals surface area contributed by atoms with Crippen LogP contribution in [0.2, 0.25) is 0 Å². The number of fused-ring (bicyclic) bond motifs is 1. The molecule has 5 nitrogen and oxygen atoms in total. The summed E-state index contributed by atoms with van der Waals surface area (Å²) in [5, 5.41) is 6.75. The maximum absolute atomic E-state index is 10.5. The van der Waals surface area contributed by atoms with Crippen molar-refractivity contribution in [3.63, 3.8) is 0 Å². The predicted molar refractivity (Wildman–Crippen MR) is 107 cm³/mol. The summed E-state index contributed by atoms with van der Waals surface area (Å²) in [5.41, 5.74) is 4.00. The van der Waals surface area contributed by atoms with Crippen LogP contribution in [-0.4, -0.2) is 21.0 Å². The molecule has 3 aromatic rings. The Morgan fingerprint density at radius 2 is 1.81 bits per heavy atom. The first-order valence-corrected chi connectivity index (χ1v) is 9.36. The number of hydrogen-bond acceptors (Lipinski definition) is 3. The molecule has 0 spiro atoms.